The fourth-order valence-corrected chi connectivity index (χ4v) is 3.67. The van der Waals surface area contributed by atoms with Gasteiger partial charge in [0.2, 0.25) is 15.4 Å². The van der Waals surface area contributed by atoms with Crippen LogP contribution < -0.4 is 10.0 Å². The molecule has 2 rings (SSSR count). The minimum absolute atomic E-state index is 0.0330. The van der Waals surface area contributed by atoms with Crippen molar-refractivity contribution in [3.8, 4) is 0 Å². The molecule has 130 valence electrons. The van der Waals surface area contributed by atoms with Gasteiger partial charge in [-0.15, -0.1) is 10.2 Å². The number of hydrogen-bond acceptors (Lipinski definition) is 6. The summed E-state index contributed by atoms with van der Waals surface area (Å²) in [5.74, 6) is -0.272. The first-order valence-corrected chi connectivity index (χ1v) is 9.65. The molecule has 0 saturated carbocycles. The molecule has 7 nitrogen and oxygen atoms in total. The molecule has 2 aromatic rings. The van der Waals surface area contributed by atoms with Crippen LogP contribution in [0.5, 0.6) is 0 Å². The third-order valence-electron chi connectivity index (χ3n) is 2.95. The first-order valence-electron chi connectivity index (χ1n) is 6.97. The lowest BCUT2D eigenvalue weighted by Gasteiger charge is -2.15. The van der Waals surface area contributed by atoms with Crippen LogP contribution in [-0.4, -0.2) is 24.5 Å². The number of nitrogens with one attached hydrogen (secondary N) is 2. The van der Waals surface area contributed by atoms with Gasteiger partial charge in [-0.1, -0.05) is 61.9 Å². The van der Waals surface area contributed by atoms with Gasteiger partial charge in [-0.25, -0.2) is 13.1 Å². The highest BCUT2D eigenvalue weighted by molar-refractivity contribution is 7.91. The SMILES string of the molecule is CC(C)(C)C(=O)Nc1nnc(S(=O)(=O)NCc2ccccc2Cl)s1. The quantitative estimate of drug-likeness (QED) is 0.767. The number of benzene rings is 1. The molecule has 0 saturated heterocycles. The number of rotatable bonds is 5. The maximum absolute atomic E-state index is 12.3. The van der Waals surface area contributed by atoms with Gasteiger partial charge >= 0.3 is 0 Å². The monoisotopic (exact) mass is 388 g/mol. The van der Waals surface area contributed by atoms with E-state index < -0.39 is 15.4 Å². The van der Waals surface area contributed by atoms with E-state index in [1.807, 2.05) is 0 Å². The molecule has 0 atom stereocenters. The number of anilines is 1. The van der Waals surface area contributed by atoms with E-state index in [-0.39, 0.29) is 21.9 Å². The Hall–Kier alpha value is -1.55. The molecule has 0 fully saturated rings. The number of nitrogens with zero attached hydrogens (tertiary/aromatic N) is 2. The Kier molecular flexibility index (Phi) is 5.59. The molecule has 0 radical (unpaired) electrons. The Bertz CT molecular complexity index is 844. The lowest BCUT2D eigenvalue weighted by Crippen LogP contribution is -2.27. The van der Waals surface area contributed by atoms with Crippen molar-refractivity contribution in [2.75, 3.05) is 5.32 Å². The van der Waals surface area contributed by atoms with E-state index in [2.05, 4.69) is 20.2 Å². The van der Waals surface area contributed by atoms with Gasteiger partial charge in [-0.3, -0.25) is 4.79 Å². The number of hydrogen-bond donors (Lipinski definition) is 2. The Morgan fingerprint density at radius 1 is 1.25 bits per heavy atom. The lowest BCUT2D eigenvalue weighted by atomic mass is 9.96. The summed E-state index contributed by atoms with van der Waals surface area (Å²) in [5.41, 5.74) is 0.0287. The first kappa shape index (κ1) is 18.8. The molecule has 24 heavy (non-hydrogen) atoms. The number of halogens is 1. The zero-order valence-electron chi connectivity index (χ0n) is 13.3. The Balaban J connectivity index is 2.08. The fraction of sp³-hybridized carbons (Fsp3) is 0.357. The van der Waals surface area contributed by atoms with E-state index in [0.29, 0.717) is 10.6 Å². The molecule has 1 aromatic heterocycles. The third kappa shape index (κ3) is 4.73. The predicted molar refractivity (Wildman–Crippen MR) is 93.5 cm³/mol. The molecule has 1 amide bonds. The van der Waals surface area contributed by atoms with Crippen LogP contribution in [0.15, 0.2) is 28.6 Å². The lowest BCUT2D eigenvalue weighted by molar-refractivity contribution is -0.123. The normalized spacial score (nSPS) is 12.2. The van der Waals surface area contributed by atoms with E-state index in [4.69, 9.17) is 11.6 Å². The number of carbonyl (C=O) groups is 1. The minimum Gasteiger partial charge on any atom is -0.300 e. The molecule has 0 bridgehead atoms. The minimum atomic E-state index is -3.84. The van der Waals surface area contributed by atoms with Gasteiger partial charge in [0.1, 0.15) is 0 Å². The summed E-state index contributed by atoms with van der Waals surface area (Å²) >= 11 is 6.78. The molecular formula is C14H17ClN4O3S2. The van der Waals surface area contributed by atoms with Crippen LogP contribution in [0.4, 0.5) is 5.13 Å². The van der Waals surface area contributed by atoms with E-state index >= 15 is 0 Å². The van der Waals surface area contributed by atoms with Gasteiger partial charge in [0.05, 0.1) is 0 Å². The van der Waals surface area contributed by atoms with Crippen molar-refractivity contribution in [1.29, 1.82) is 0 Å². The standard InChI is InChI=1S/C14H17ClN4O3S2/c1-14(2,3)11(20)17-12-18-19-13(23-12)24(21,22)16-8-9-6-4-5-7-10(9)15/h4-7,16H,8H2,1-3H3,(H,17,18,20). The van der Waals surface area contributed by atoms with E-state index in [9.17, 15) is 13.2 Å². The molecule has 1 heterocycles. The molecule has 0 aliphatic rings. The van der Waals surface area contributed by atoms with E-state index in [0.717, 1.165) is 11.3 Å². The topological polar surface area (TPSA) is 101 Å². The summed E-state index contributed by atoms with van der Waals surface area (Å²) in [6.07, 6.45) is 0. The molecule has 0 spiro atoms. The van der Waals surface area contributed by atoms with Gasteiger partial charge in [0.25, 0.3) is 10.0 Å². The zero-order valence-corrected chi connectivity index (χ0v) is 15.7. The fourth-order valence-electron chi connectivity index (χ4n) is 1.53. The maximum Gasteiger partial charge on any atom is 0.270 e. The van der Waals surface area contributed by atoms with Crippen molar-refractivity contribution in [3.63, 3.8) is 0 Å². The van der Waals surface area contributed by atoms with Crippen LogP contribution >= 0.6 is 22.9 Å². The highest BCUT2D eigenvalue weighted by Gasteiger charge is 2.25. The second kappa shape index (κ2) is 7.14. The Morgan fingerprint density at radius 2 is 1.92 bits per heavy atom. The second-order valence-corrected chi connectivity index (χ2v) is 9.32. The summed E-state index contributed by atoms with van der Waals surface area (Å²) in [5, 5.41) is 10.5. The van der Waals surface area contributed by atoms with Crippen molar-refractivity contribution in [1.82, 2.24) is 14.9 Å². The summed E-state index contributed by atoms with van der Waals surface area (Å²) in [7, 11) is -3.84. The van der Waals surface area contributed by atoms with Crippen molar-refractivity contribution in [2.24, 2.45) is 5.41 Å². The average molecular weight is 389 g/mol. The highest BCUT2D eigenvalue weighted by Crippen LogP contribution is 2.23. The van der Waals surface area contributed by atoms with Gasteiger partial charge in [-0.2, -0.15) is 0 Å². The van der Waals surface area contributed by atoms with Crippen LogP contribution in [0, 0.1) is 5.41 Å². The number of amides is 1. The molecule has 1 aromatic carbocycles. The van der Waals surface area contributed by atoms with Crippen molar-refractivity contribution in [2.45, 2.75) is 31.7 Å². The summed E-state index contributed by atoms with van der Waals surface area (Å²) in [4.78, 5) is 11.9. The molecule has 0 aliphatic carbocycles. The molecule has 0 unspecified atom stereocenters. The maximum atomic E-state index is 12.3. The van der Waals surface area contributed by atoms with Gasteiger partial charge in [0, 0.05) is 17.0 Å². The second-order valence-electron chi connectivity index (χ2n) is 5.99. The predicted octanol–water partition coefficient (Wildman–Crippen LogP) is 2.65. The average Bonchev–Trinajstić information content (AvgIpc) is 2.95. The Morgan fingerprint density at radius 3 is 2.54 bits per heavy atom. The van der Waals surface area contributed by atoms with Crippen LogP contribution in [0.1, 0.15) is 26.3 Å². The molecule has 10 heteroatoms. The summed E-state index contributed by atoms with van der Waals surface area (Å²) in [6, 6.07) is 6.92. The van der Waals surface area contributed by atoms with Gasteiger partial charge in [-0.05, 0) is 11.6 Å². The third-order valence-corrected chi connectivity index (χ3v) is 5.92. The number of sulfonamides is 1. The number of aromatic nitrogens is 2. The van der Waals surface area contributed by atoms with Crippen LogP contribution in [0.25, 0.3) is 0 Å². The van der Waals surface area contributed by atoms with Crippen LogP contribution in [-0.2, 0) is 21.4 Å². The Labute approximate surface area is 149 Å². The molecule has 0 aliphatic heterocycles. The summed E-state index contributed by atoms with van der Waals surface area (Å²) in [6.45, 7) is 5.26. The smallest absolute Gasteiger partial charge is 0.270 e. The number of carbonyl (C=O) groups excluding carboxylic acids is 1. The van der Waals surface area contributed by atoms with Gasteiger partial charge < -0.3 is 5.32 Å². The van der Waals surface area contributed by atoms with Gasteiger partial charge in [0.15, 0.2) is 0 Å². The van der Waals surface area contributed by atoms with Crippen molar-refractivity contribution in [3.05, 3.63) is 34.9 Å². The van der Waals surface area contributed by atoms with Crippen LogP contribution in [0.2, 0.25) is 5.02 Å². The van der Waals surface area contributed by atoms with Crippen molar-refractivity contribution < 1.29 is 13.2 Å². The zero-order chi connectivity index (χ0) is 18.0. The van der Waals surface area contributed by atoms with E-state index in [1.165, 1.54) is 0 Å². The largest absolute Gasteiger partial charge is 0.300 e. The highest BCUT2D eigenvalue weighted by atomic mass is 35.5. The summed E-state index contributed by atoms with van der Waals surface area (Å²) < 4.78 is 26.7. The van der Waals surface area contributed by atoms with E-state index in [1.54, 1.807) is 45.0 Å². The molecular weight excluding hydrogens is 372 g/mol. The molecule has 2 N–H and O–H groups in total. The van der Waals surface area contributed by atoms with Crippen LogP contribution in [0.3, 0.4) is 0 Å². The van der Waals surface area contributed by atoms with Crippen molar-refractivity contribution >= 4 is 44.0 Å². The first-order chi connectivity index (χ1) is 11.1.